The number of hydrogen-bond acceptors (Lipinski definition) is 4. The lowest BCUT2D eigenvalue weighted by Gasteiger charge is -2.05. The fourth-order valence-corrected chi connectivity index (χ4v) is 8.25. The molecule has 0 nitrogen and oxygen atoms in total. The zero-order valence-electron chi connectivity index (χ0n) is 15.9. The Hall–Kier alpha value is -0.260. The second-order valence-electron chi connectivity index (χ2n) is 6.40. The van der Waals surface area contributed by atoms with Gasteiger partial charge in [-0.1, -0.05) is 111 Å². The summed E-state index contributed by atoms with van der Waals surface area (Å²) in [6, 6.07) is 0. The Morgan fingerprint density at radius 2 is 1.04 bits per heavy atom. The summed E-state index contributed by atoms with van der Waals surface area (Å²) in [7, 11) is 0. The normalized spacial score (nSPS) is 17.2. The van der Waals surface area contributed by atoms with Crippen LogP contribution in [0.5, 0.6) is 0 Å². The van der Waals surface area contributed by atoms with Crippen molar-refractivity contribution in [3.05, 3.63) is 28.1 Å². The molecule has 0 atom stereocenters. The molecule has 2 rings (SSSR count). The van der Waals surface area contributed by atoms with Crippen LogP contribution in [0.3, 0.4) is 0 Å². The largest absolute Gasteiger partial charge is 0.114 e. The van der Waals surface area contributed by atoms with Crippen LogP contribution in [0.25, 0.3) is 0 Å². The Kier molecular flexibility index (Phi) is 10.4. The van der Waals surface area contributed by atoms with Crippen LogP contribution in [0.2, 0.25) is 0 Å². The van der Waals surface area contributed by atoms with Gasteiger partial charge in [-0.3, -0.25) is 0 Å². The SMILES string of the molecule is C#CC1=C(C#C)SC(=C2SC(CCCCCC)=C(CCCCCC)S2)S1. The molecule has 0 spiro atoms. The fourth-order valence-electron chi connectivity index (χ4n) is 2.82. The second kappa shape index (κ2) is 12.2. The van der Waals surface area contributed by atoms with Gasteiger partial charge in [0.2, 0.25) is 0 Å². The molecule has 0 fully saturated rings. The number of hydrogen-bond donors (Lipinski definition) is 0. The Balaban J connectivity index is 2.02. The molecular weight excluding hydrogens is 393 g/mol. The molecule has 0 radical (unpaired) electrons. The standard InChI is InChI=1S/C22H28S4/c1-5-9-11-13-15-19-20(16-14-12-10-6-2)26-22(25-19)21-23-17(7-3)18(8-4)24-21/h3-4H,5-6,9-16H2,1-2H3. The van der Waals surface area contributed by atoms with Gasteiger partial charge in [-0.2, -0.15) is 0 Å². The molecule has 0 bridgehead atoms. The van der Waals surface area contributed by atoms with Crippen molar-refractivity contribution < 1.29 is 0 Å². The molecule has 4 heteroatoms. The van der Waals surface area contributed by atoms with Crippen molar-refractivity contribution in [3.8, 4) is 24.7 Å². The molecule has 2 aliphatic rings. The second-order valence-corrected chi connectivity index (χ2v) is 11.2. The average molecular weight is 421 g/mol. The number of terminal acetylenes is 2. The molecule has 0 amide bonds. The van der Waals surface area contributed by atoms with E-state index in [4.69, 9.17) is 12.8 Å². The van der Waals surface area contributed by atoms with Crippen molar-refractivity contribution in [1.29, 1.82) is 0 Å². The minimum absolute atomic E-state index is 0.905. The summed E-state index contributed by atoms with van der Waals surface area (Å²) in [6.45, 7) is 4.55. The maximum absolute atomic E-state index is 5.62. The van der Waals surface area contributed by atoms with Crippen LogP contribution in [-0.4, -0.2) is 0 Å². The van der Waals surface area contributed by atoms with E-state index in [1.807, 2.05) is 23.5 Å². The highest BCUT2D eigenvalue weighted by atomic mass is 32.2. The first-order valence-corrected chi connectivity index (χ1v) is 12.8. The van der Waals surface area contributed by atoms with Crippen molar-refractivity contribution in [2.45, 2.75) is 78.1 Å². The Bertz CT molecular complexity index is 613. The quantitative estimate of drug-likeness (QED) is 0.256. The van der Waals surface area contributed by atoms with Gasteiger partial charge in [0.05, 0.1) is 18.3 Å². The maximum atomic E-state index is 5.62. The highest BCUT2D eigenvalue weighted by Gasteiger charge is 2.28. The highest BCUT2D eigenvalue weighted by Crippen LogP contribution is 2.61. The first-order chi connectivity index (χ1) is 12.7. The van der Waals surface area contributed by atoms with Crippen LogP contribution in [0.4, 0.5) is 0 Å². The molecule has 0 aromatic heterocycles. The van der Waals surface area contributed by atoms with Gasteiger partial charge in [-0.15, -0.1) is 12.8 Å². The maximum Gasteiger partial charge on any atom is 0.0849 e. The monoisotopic (exact) mass is 420 g/mol. The van der Waals surface area contributed by atoms with E-state index in [-0.39, 0.29) is 0 Å². The molecule has 0 aromatic carbocycles. The summed E-state index contributed by atoms with van der Waals surface area (Å²) in [5.74, 6) is 5.50. The first-order valence-electron chi connectivity index (χ1n) is 9.58. The van der Waals surface area contributed by atoms with E-state index < -0.39 is 0 Å². The van der Waals surface area contributed by atoms with Crippen LogP contribution in [0.1, 0.15) is 78.1 Å². The summed E-state index contributed by atoms with van der Waals surface area (Å²) in [5.41, 5.74) is 0. The Morgan fingerprint density at radius 3 is 1.42 bits per heavy atom. The molecular formula is C22H28S4. The van der Waals surface area contributed by atoms with Crippen molar-refractivity contribution in [1.82, 2.24) is 0 Å². The van der Waals surface area contributed by atoms with Gasteiger partial charge >= 0.3 is 0 Å². The predicted octanol–water partition coefficient (Wildman–Crippen LogP) is 8.70. The third kappa shape index (κ3) is 6.42. The van der Waals surface area contributed by atoms with Crippen molar-refractivity contribution in [2.24, 2.45) is 0 Å². The average Bonchev–Trinajstić information content (AvgIpc) is 3.26. The Morgan fingerprint density at radius 1 is 0.615 bits per heavy atom. The van der Waals surface area contributed by atoms with E-state index in [0.717, 1.165) is 9.81 Å². The lowest BCUT2D eigenvalue weighted by atomic mass is 10.1. The van der Waals surface area contributed by atoms with Gasteiger partial charge in [0.1, 0.15) is 0 Å². The molecule has 0 aromatic rings. The predicted molar refractivity (Wildman–Crippen MR) is 127 cm³/mol. The molecule has 0 saturated carbocycles. The van der Waals surface area contributed by atoms with Gasteiger partial charge in [0.25, 0.3) is 0 Å². The summed E-state index contributed by atoms with van der Waals surface area (Å²) in [6.07, 6.45) is 24.3. The molecule has 0 saturated heterocycles. The van der Waals surface area contributed by atoms with E-state index >= 15 is 0 Å². The molecule has 0 aliphatic carbocycles. The van der Waals surface area contributed by atoms with Crippen molar-refractivity contribution in [2.75, 3.05) is 0 Å². The number of allylic oxidation sites excluding steroid dienone is 4. The molecule has 26 heavy (non-hydrogen) atoms. The third-order valence-electron chi connectivity index (χ3n) is 4.28. The summed E-state index contributed by atoms with van der Waals surface area (Å²) in [5, 5.41) is 0. The number of unbranched alkanes of at least 4 members (excludes halogenated alkanes) is 6. The summed E-state index contributed by atoms with van der Waals surface area (Å²) in [4.78, 5) is 5.01. The van der Waals surface area contributed by atoms with Crippen molar-refractivity contribution >= 4 is 47.0 Å². The third-order valence-corrected chi connectivity index (χ3v) is 10.1. The van der Waals surface area contributed by atoms with Crippen LogP contribution in [0.15, 0.2) is 28.1 Å². The number of thioether (sulfide) groups is 4. The van der Waals surface area contributed by atoms with E-state index in [0.29, 0.717) is 0 Å². The molecule has 140 valence electrons. The lowest BCUT2D eigenvalue weighted by Crippen LogP contribution is -1.84. The van der Waals surface area contributed by atoms with Crippen LogP contribution < -0.4 is 0 Å². The van der Waals surface area contributed by atoms with Gasteiger partial charge in [0, 0.05) is 9.81 Å². The van der Waals surface area contributed by atoms with Gasteiger partial charge in [-0.25, -0.2) is 0 Å². The zero-order valence-corrected chi connectivity index (χ0v) is 19.1. The van der Waals surface area contributed by atoms with Crippen LogP contribution in [-0.2, 0) is 0 Å². The number of rotatable bonds is 10. The zero-order chi connectivity index (χ0) is 18.8. The van der Waals surface area contributed by atoms with Crippen LogP contribution in [0, 0.1) is 24.7 Å². The van der Waals surface area contributed by atoms with Gasteiger partial charge in [0.15, 0.2) is 0 Å². The molecule has 2 heterocycles. The molecule has 0 unspecified atom stereocenters. The van der Waals surface area contributed by atoms with Gasteiger partial charge in [-0.05, 0) is 25.7 Å². The summed E-state index contributed by atoms with van der Waals surface area (Å²) >= 11 is 7.33. The minimum Gasteiger partial charge on any atom is -0.114 e. The molecule has 2 aliphatic heterocycles. The topological polar surface area (TPSA) is 0 Å². The van der Waals surface area contributed by atoms with E-state index in [1.54, 1.807) is 33.3 Å². The Labute approximate surface area is 177 Å². The first kappa shape index (κ1) is 22.0. The van der Waals surface area contributed by atoms with Crippen LogP contribution >= 0.6 is 47.0 Å². The fraction of sp³-hybridized carbons (Fsp3) is 0.545. The van der Waals surface area contributed by atoms with E-state index in [2.05, 4.69) is 25.7 Å². The van der Waals surface area contributed by atoms with E-state index in [9.17, 15) is 0 Å². The van der Waals surface area contributed by atoms with E-state index in [1.165, 1.54) is 72.7 Å². The summed E-state index contributed by atoms with van der Waals surface area (Å²) < 4.78 is 2.68. The lowest BCUT2D eigenvalue weighted by molar-refractivity contribution is 0.661. The molecule has 0 N–H and O–H groups in total. The van der Waals surface area contributed by atoms with Crippen molar-refractivity contribution in [3.63, 3.8) is 0 Å². The smallest absolute Gasteiger partial charge is 0.0849 e. The highest BCUT2D eigenvalue weighted by molar-refractivity contribution is 8.34. The van der Waals surface area contributed by atoms with Gasteiger partial charge < -0.3 is 0 Å². The minimum atomic E-state index is 0.905.